The molecular weight excluding hydrogens is 1050 g/mol. The second kappa shape index (κ2) is 30.3. The molecule has 3 aromatic carbocycles. The van der Waals surface area contributed by atoms with Crippen molar-refractivity contribution in [3.63, 3.8) is 0 Å². The monoisotopic (exact) mass is 1140 g/mol. The van der Waals surface area contributed by atoms with Crippen LogP contribution < -0.4 is 31.9 Å². The summed E-state index contributed by atoms with van der Waals surface area (Å²) in [7, 11) is 5.30. The summed E-state index contributed by atoms with van der Waals surface area (Å²) in [5, 5.41) is 38.0. The van der Waals surface area contributed by atoms with E-state index in [1.54, 1.807) is 42.8 Å². The average molecular weight is 1140 g/mol. The zero-order valence-corrected chi connectivity index (χ0v) is 49.3. The highest BCUT2D eigenvalue weighted by Gasteiger charge is 2.46. The first-order valence-electron chi connectivity index (χ1n) is 30.3. The van der Waals surface area contributed by atoms with E-state index in [1.807, 2.05) is 78.6 Å². The summed E-state index contributed by atoms with van der Waals surface area (Å²) in [5.41, 5.74) is 5.21. The van der Waals surface area contributed by atoms with E-state index in [0.717, 1.165) is 101 Å². The highest BCUT2D eigenvalue weighted by molar-refractivity contribution is 5.95. The summed E-state index contributed by atoms with van der Waals surface area (Å²) >= 11 is 0. The van der Waals surface area contributed by atoms with Crippen LogP contribution in [-0.4, -0.2) is 141 Å². The molecule has 5 heterocycles. The second-order valence-corrected chi connectivity index (χ2v) is 23.1. The largest absolute Gasteiger partial charge is 0.343 e. The molecular formula is C63H88N14O6. The van der Waals surface area contributed by atoms with Gasteiger partial charge in [0.15, 0.2) is 0 Å². The zero-order valence-electron chi connectivity index (χ0n) is 49.3. The number of amides is 6. The number of benzene rings is 3. The smallest absolute Gasteiger partial charge is 0.246 e. The number of hydrogen-bond acceptors (Lipinski definition) is 12. The number of unbranched alkanes of at least 4 members (excludes halogenated alkanes) is 2. The van der Waals surface area contributed by atoms with Gasteiger partial charge in [-0.25, -0.2) is 0 Å². The molecule has 446 valence electrons. The number of carbonyl (C=O) groups excluding carboxylic acids is 6. The zero-order chi connectivity index (χ0) is 58.8. The van der Waals surface area contributed by atoms with Crippen LogP contribution in [0.1, 0.15) is 157 Å². The molecule has 6 amide bonds. The Morgan fingerprint density at radius 2 is 1.13 bits per heavy atom. The van der Waals surface area contributed by atoms with E-state index in [4.69, 9.17) is 0 Å². The lowest BCUT2D eigenvalue weighted by molar-refractivity contribution is -0.144. The molecule has 0 spiro atoms. The minimum Gasteiger partial charge on any atom is -0.343 e. The van der Waals surface area contributed by atoms with Gasteiger partial charge < -0.3 is 41.7 Å². The van der Waals surface area contributed by atoms with Crippen molar-refractivity contribution < 1.29 is 28.8 Å². The molecule has 1 aromatic heterocycles. The topological polar surface area (TPSA) is 240 Å². The van der Waals surface area contributed by atoms with Crippen molar-refractivity contribution >= 4 is 35.4 Å². The highest BCUT2D eigenvalue weighted by atomic mass is 16.2. The SMILES string of the molecule is C=C(/N=N\N(C)CCCCc1ccc(CCCCn2cc([C@@H](NC(=O)[C@@H]3CC[C@@H]4CCCC[C@H](NC(=O)[C@H](C)NC)C(=O)N43)c3ccccc3)nn2)cc1)[C@@H](NC(=O)[C@@H]1CC[C@@H]2CCCC[C@H](NC(=O)[C@H](C)NC)C(=O)N21)c1ccccc1. The van der Waals surface area contributed by atoms with Gasteiger partial charge in [0.2, 0.25) is 35.4 Å². The summed E-state index contributed by atoms with van der Waals surface area (Å²) in [6, 6.07) is 23.2. The van der Waals surface area contributed by atoms with Crippen molar-refractivity contribution in [2.75, 3.05) is 27.7 Å². The molecule has 0 radical (unpaired) electrons. The molecule has 10 atom stereocenters. The molecule has 4 aromatic rings. The van der Waals surface area contributed by atoms with E-state index in [1.165, 1.54) is 11.1 Å². The Morgan fingerprint density at radius 3 is 1.66 bits per heavy atom. The molecule has 4 aliphatic heterocycles. The first-order valence-corrected chi connectivity index (χ1v) is 30.3. The maximum absolute atomic E-state index is 14.3. The van der Waals surface area contributed by atoms with E-state index in [-0.39, 0.29) is 47.5 Å². The molecule has 6 N–H and O–H groups in total. The Bertz CT molecular complexity index is 2830. The van der Waals surface area contributed by atoms with Gasteiger partial charge in [-0.05, 0) is 140 Å². The second-order valence-electron chi connectivity index (χ2n) is 23.1. The standard InChI is InChI=1S/C63H88N14O6/c1-42(56(47-23-9-7-10-24-47)68-60(80)54-37-35-49-27-13-15-29-51(62(82)76(49)54)66-58(78)43(2)64-4)70-72-74(6)39-19-17-21-45-31-33-46(34-32-45)22-18-20-40-75-41-53(71-73-75)57(48-25-11-8-12-26-48)69-61(81)55-38-36-50-28-14-16-30-52(63(83)77(50)55)67-59(79)44(3)65-5/h7-12,23-26,31-34,41,43-44,49-52,54-57,64-65H,1,13-22,27-30,35-40H2,2-6H3,(H,66,78)(H,67,79)(H,68,80)(H,69,81)/b72-70-/t43-,44-,49-,50-,51-,52-,54-,55-,56+,57-/m0/s1. The molecule has 0 bridgehead atoms. The third-order valence-corrected chi connectivity index (χ3v) is 17.2. The Morgan fingerprint density at radius 1 is 0.639 bits per heavy atom. The molecule has 4 aliphatic rings. The van der Waals surface area contributed by atoms with Gasteiger partial charge in [0.25, 0.3) is 0 Å². The third kappa shape index (κ3) is 16.5. The molecule has 20 nitrogen and oxygen atoms in total. The van der Waals surface area contributed by atoms with Gasteiger partial charge in [0, 0.05) is 32.2 Å². The summed E-state index contributed by atoms with van der Waals surface area (Å²) in [6.07, 6.45) is 16.3. The number of hydrogen-bond donors (Lipinski definition) is 6. The van der Waals surface area contributed by atoms with Gasteiger partial charge in [0.05, 0.1) is 36.1 Å². The molecule has 4 fully saturated rings. The number of fused-ring (bicyclic) bond motifs is 2. The lowest BCUT2D eigenvalue weighted by atomic mass is 9.98. The molecule has 0 aliphatic carbocycles. The lowest BCUT2D eigenvalue weighted by Crippen LogP contribution is -2.58. The number of aromatic nitrogens is 3. The predicted octanol–water partition coefficient (Wildman–Crippen LogP) is 6.55. The van der Waals surface area contributed by atoms with Crippen LogP contribution in [0.15, 0.2) is 114 Å². The summed E-state index contributed by atoms with van der Waals surface area (Å²) in [4.78, 5) is 85.8. The number of likely N-dealkylation sites (N-methyl/N-ethyl adjacent to an activating group) is 2. The Kier molecular flexibility index (Phi) is 22.5. The quantitative estimate of drug-likeness (QED) is 0.0224. The Labute approximate surface area is 489 Å². The minimum atomic E-state index is -0.687. The van der Waals surface area contributed by atoms with Gasteiger partial charge >= 0.3 is 0 Å². The summed E-state index contributed by atoms with van der Waals surface area (Å²) < 4.78 is 1.84. The molecule has 20 heteroatoms. The predicted molar refractivity (Wildman–Crippen MR) is 318 cm³/mol. The lowest BCUT2D eigenvalue weighted by Gasteiger charge is -2.36. The number of aryl methyl sites for hydroxylation is 3. The normalized spacial score (nSPS) is 22.4. The minimum absolute atomic E-state index is 0.0488. The van der Waals surface area contributed by atoms with E-state index in [9.17, 15) is 28.8 Å². The molecule has 4 saturated heterocycles. The van der Waals surface area contributed by atoms with Gasteiger partial charge in [0.1, 0.15) is 29.9 Å². The van der Waals surface area contributed by atoms with Crippen LogP contribution >= 0.6 is 0 Å². The first-order chi connectivity index (χ1) is 40.2. The van der Waals surface area contributed by atoms with Crippen LogP contribution in [0.3, 0.4) is 0 Å². The summed E-state index contributed by atoms with van der Waals surface area (Å²) in [5.74, 6) is -1.38. The van der Waals surface area contributed by atoms with Crippen molar-refractivity contribution in [1.82, 2.24) is 61.7 Å². The van der Waals surface area contributed by atoms with Gasteiger partial charge in [-0.1, -0.05) is 128 Å². The maximum atomic E-state index is 14.3. The van der Waals surface area contributed by atoms with Crippen molar-refractivity contribution in [3.8, 4) is 0 Å². The van der Waals surface area contributed by atoms with Crippen molar-refractivity contribution in [2.24, 2.45) is 10.3 Å². The van der Waals surface area contributed by atoms with Crippen LogP contribution in [0, 0.1) is 0 Å². The first kappa shape index (κ1) is 61.7. The highest BCUT2D eigenvalue weighted by Crippen LogP contribution is 2.35. The third-order valence-electron chi connectivity index (χ3n) is 17.2. The number of nitrogens with zero attached hydrogens (tertiary/aromatic N) is 8. The van der Waals surface area contributed by atoms with Crippen LogP contribution in [0.2, 0.25) is 0 Å². The van der Waals surface area contributed by atoms with E-state index >= 15 is 0 Å². The molecule has 0 saturated carbocycles. The van der Waals surface area contributed by atoms with Crippen molar-refractivity contribution in [1.29, 1.82) is 0 Å². The fraction of sp³-hybridized carbons (Fsp3) is 0.556. The number of rotatable bonds is 26. The fourth-order valence-electron chi connectivity index (χ4n) is 12.1. The Hall–Kier alpha value is -7.32. The van der Waals surface area contributed by atoms with Crippen molar-refractivity contribution in [2.45, 2.75) is 196 Å². The molecule has 83 heavy (non-hydrogen) atoms. The van der Waals surface area contributed by atoms with E-state index < -0.39 is 48.3 Å². The molecule has 0 unspecified atom stereocenters. The van der Waals surface area contributed by atoms with Gasteiger partial charge in [-0.2, -0.15) is 0 Å². The van der Waals surface area contributed by atoms with Crippen LogP contribution in [0.4, 0.5) is 0 Å². The van der Waals surface area contributed by atoms with Crippen molar-refractivity contribution in [3.05, 3.63) is 131 Å². The molecule has 8 rings (SSSR count). The number of nitrogens with one attached hydrogen (secondary N) is 6. The van der Waals surface area contributed by atoms with Gasteiger partial charge in [-0.3, -0.25) is 38.5 Å². The van der Waals surface area contributed by atoms with Crippen LogP contribution in [-0.2, 0) is 48.2 Å². The van der Waals surface area contributed by atoms with E-state index in [0.29, 0.717) is 50.2 Å². The average Bonchev–Trinajstić information content (AvgIpc) is 4.31. The fourth-order valence-corrected chi connectivity index (χ4v) is 12.1. The summed E-state index contributed by atoms with van der Waals surface area (Å²) in [6.45, 7) is 9.11. The van der Waals surface area contributed by atoms with E-state index in [2.05, 4.69) is 83.4 Å². The van der Waals surface area contributed by atoms with Crippen LogP contribution in [0.25, 0.3) is 0 Å². The van der Waals surface area contributed by atoms with Crippen LogP contribution in [0.5, 0.6) is 0 Å². The maximum Gasteiger partial charge on any atom is 0.246 e. The Balaban J connectivity index is 0.775. The number of carbonyl (C=O) groups is 6. The van der Waals surface area contributed by atoms with Gasteiger partial charge in [-0.15, -0.1) is 10.2 Å².